The Hall–Kier alpha value is -2.67. The number of methoxy groups -OCH3 is 1. The van der Waals surface area contributed by atoms with Gasteiger partial charge in [0.1, 0.15) is 29.7 Å². The molecule has 2 aliphatic rings. The van der Waals surface area contributed by atoms with E-state index in [-0.39, 0.29) is 5.91 Å². The summed E-state index contributed by atoms with van der Waals surface area (Å²) in [4.78, 5) is 26.1. The molecule has 0 bridgehead atoms. The van der Waals surface area contributed by atoms with Crippen LogP contribution < -0.4 is 14.4 Å². The van der Waals surface area contributed by atoms with E-state index in [0.717, 1.165) is 53.9 Å². The number of hydrogen-bond acceptors (Lipinski definition) is 6. The van der Waals surface area contributed by atoms with E-state index in [1.165, 1.54) is 12.8 Å². The Labute approximate surface area is 178 Å². The van der Waals surface area contributed by atoms with Gasteiger partial charge in [-0.3, -0.25) is 14.6 Å². The Morgan fingerprint density at radius 3 is 2.77 bits per heavy atom. The summed E-state index contributed by atoms with van der Waals surface area (Å²) in [6, 6.07) is 7.60. The van der Waals surface area contributed by atoms with Crippen LogP contribution in [-0.4, -0.2) is 54.6 Å². The Kier molecular flexibility index (Phi) is 6.18. The maximum Gasteiger partial charge on any atom is 0.228 e. The molecule has 160 valence electrons. The zero-order valence-corrected chi connectivity index (χ0v) is 18.1. The number of amides is 1. The standard InChI is InChI=1S/C23H30N4O3/c1-16-20-9-10-22(28)27(14-17-7-8-17)23(20)25-21(24-16)15-26(2)11-12-30-19-6-4-5-18(13-19)29-3/h4-6,13,17H,7-12,14-15H2,1-3H3. The maximum atomic E-state index is 12.5. The first-order chi connectivity index (χ1) is 14.5. The van der Waals surface area contributed by atoms with Crippen LogP contribution in [-0.2, 0) is 17.8 Å². The molecule has 2 heterocycles. The number of rotatable bonds is 9. The average molecular weight is 411 g/mol. The van der Waals surface area contributed by atoms with E-state index in [4.69, 9.17) is 19.4 Å². The SMILES string of the molecule is COc1cccc(OCCN(C)Cc2nc(C)c3c(n2)N(CC2CC2)C(=O)CC3)c1. The highest BCUT2D eigenvalue weighted by atomic mass is 16.5. The summed E-state index contributed by atoms with van der Waals surface area (Å²) in [7, 11) is 3.67. The minimum Gasteiger partial charge on any atom is -0.497 e. The van der Waals surface area contributed by atoms with Crippen LogP contribution in [0.5, 0.6) is 11.5 Å². The van der Waals surface area contributed by atoms with Crippen molar-refractivity contribution in [2.45, 2.75) is 39.2 Å². The van der Waals surface area contributed by atoms with E-state index < -0.39 is 0 Å². The highest BCUT2D eigenvalue weighted by Gasteiger charge is 2.33. The molecule has 1 fully saturated rings. The second-order valence-electron chi connectivity index (χ2n) is 8.24. The van der Waals surface area contributed by atoms with Crippen molar-refractivity contribution in [1.29, 1.82) is 0 Å². The molecule has 7 nitrogen and oxygen atoms in total. The lowest BCUT2D eigenvalue weighted by molar-refractivity contribution is -0.119. The molecule has 1 aliphatic heterocycles. The quantitative estimate of drug-likeness (QED) is 0.633. The summed E-state index contributed by atoms with van der Waals surface area (Å²) < 4.78 is 11.1. The molecule has 0 spiro atoms. The van der Waals surface area contributed by atoms with Crippen molar-refractivity contribution in [3.8, 4) is 11.5 Å². The third kappa shape index (κ3) is 4.90. The first-order valence-corrected chi connectivity index (χ1v) is 10.7. The Balaban J connectivity index is 1.38. The smallest absolute Gasteiger partial charge is 0.228 e. The first kappa shape index (κ1) is 20.6. The zero-order chi connectivity index (χ0) is 21.1. The van der Waals surface area contributed by atoms with Crippen LogP contribution in [0.2, 0.25) is 0 Å². The van der Waals surface area contributed by atoms with Gasteiger partial charge < -0.3 is 9.47 Å². The molecule has 30 heavy (non-hydrogen) atoms. The monoisotopic (exact) mass is 410 g/mol. The van der Waals surface area contributed by atoms with Gasteiger partial charge in [-0.05, 0) is 51.3 Å². The van der Waals surface area contributed by atoms with Gasteiger partial charge in [0.25, 0.3) is 0 Å². The van der Waals surface area contributed by atoms with Gasteiger partial charge >= 0.3 is 0 Å². The van der Waals surface area contributed by atoms with Crippen LogP contribution in [0.1, 0.15) is 36.3 Å². The van der Waals surface area contributed by atoms with Gasteiger partial charge in [0.2, 0.25) is 5.91 Å². The number of aromatic nitrogens is 2. The molecule has 1 amide bonds. The van der Waals surface area contributed by atoms with Crippen LogP contribution in [0, 0.1) is 12.8 Å². The van der Waals surface area contributed by atoms with Gasteiger partial charge in [-0.25, -0.2) is 9.97 Å². The van der Waals surface area contributed by atoms with E-state index in [2.05, 4.69) is 4.90 Å². The number of carbonyl (C=O) groups is 1. The van der Waals surface area contributed by atoms with Crippen molar-refractivity contribution in [2.75, 3.05) is 38.8 Å². The fraction of sp³-hybridized carbons (Fsp3) is 0.522. The number of hydrogen-bond donors (Lipinski definition) is 0. The highest BCUT2D eigenvalue weighted by Crippen LogP contribution is 2.35. The van der Waals surface area contributed by atoms with Gasteiger partial charge in [-0.2, -0.15) is 0 Å². The van der Waals surface area contributed by atoms with Gasteiger partial charge in [0.05, 0.1) is 13.7 Å². The van der Waals surface area contributed by atoms with Crippen molar-refractivity contribution >= 4 is 11.7 Å². The lowest BCUT2D eigenvalue weighted by Gasteiger charge is -2.29. The molecular weight excluding hydrogens is 380 g/mol. The summed E-state index contributed by atoms with van der Waals surface area (Å²) in [5, 5.41) is 0. The summed E-state index contributed by atoms with van der Waals surface area (Å²) in [6.07, 6.45) is 3.73. The number of fused-ring (bicyclic) bond motifs is 1. The average Bonchev–Trinajstić information content (AvgIpc) is 3.54. The number of carbonyl (C=O) groups excluding carboxylic acids is 1. The van der Waals surface area contributed by atoms with Gasteiger partial charge in [-0.15, -0.1) is 0 Å². The topological polar surface area (TPSA) is 67.8 Å². The van der Waals surface area contributed by atoms with Gasteiger partial charge in [-0.1, -0.05) is 6.07 Å². The molecule has 0 N–H and O–H groups in total. The van der Waals surface area contributed by atoms with E-state index in [0.29, 0.717) is 25.5 Å². The fourth-order valence-corrected chi connectivity index (χ4v) is 3.79. The second kappa shape index (κ2) is 9.00. The van der Waals surface area contributed by atoms with Crippen LogP contribution in [0.3, 0.4) is 0 Å². The van der Waals surface area contributed by atoms with Crippen molar-refractivity contribution in [2.24, 2.45) is 5.92 Å². The van der Waals surface area contributed by atoms with Gasteiger partial charge in [0.15, 0.2) is 0 Å². The normalized spacial score (nSPS) is 16.0. The molecule has 0 unspecified atom stereocenters. The molecule has 1 aliphatic carbocycles. The summed E-state index contributed by atoms with van der Waals surface area (Å²) in [5.74, 6) is 3.99. The van der Waals surface area contributed by atoms with Crippen LogP contribution >= 0.6 is 0 Å². The Morgan fingerprint density at radius 2 is 2.00 bits per heavy atom. The molecule has 0 saturated heterocycles. The number of aryl methyl sites for hydroxylation is 1. The second-order valence-corrected chi connectivity index (χ2v) is 8.24. The minimum atomic E-state index is 0.193. The number of benzene rings is 1. The lowest BCUT2D eigenvalue weighted by Crippen LogP contribution is -2.38. The molecule has 7 heteroatoms. The van der Waals surface area contributed by atoms with Crippen molar-refractivity contribution < 1.29 is 14.3 Å². The number of likely N-dealkylation sites (N-methyl/N-ethyl adjacent to an activating group) is 1. The van der Waals surface area contributed by atoms with E-state index in [9.17, 15) is 4.79 Å². The van der Waals surface area contributed by atoms with Crippen LogP contribution in [0.4, 0.5) is 5.82 Å². The number of nitrogens with zero attached hydrogens (tertiary/aromatic N) is 4. The predicted octanol–water partition coefficient (Wildman–Crippen LogP) is 2.99. The molecule has 1 saturated carbocycles. The third-order valence-corrected chi connectivity index (χ3v) is 5.72. The van der Waals surface area contributed by atoms with E-state index in [1.807, 2.05) is 43.1 Å². The minimum absolute atomic E-state index is 0.193. The van der Waals surface area contributed by atoms with E-state index in [1.54, 1.807) is 7.11 Å². The fourth-order valence-electron chi connectivity index (χ4n) is 3.79. The third-order valence-electron chi connectivity index (χ3n) is 5.72. The predicted molar refractivity (Wildman–Crippen MR) is 115 cm³/mol. The maximum absolute atomic E-state index is 12.5. The number of anilines is 1. The van der Waals surface area contributed by atoms with Gasteiger partial charge in [0, 0.05) is 36.8 Å². The molecule has 0 atom stereocenters. The van der Waals surface area contributed by atoms with Crippen molar-refractivity contribution in [1.82, 2.24) is 14.9 Å². The highest BCUT2D eigenvalue weighted by molar-refractivity contribution is 5.95. The summed E-state index contributed by atoms with van der Waals surface area (Å²) >= 11 is 0. The van der Waals surface area contributed by atoms with Crippen molar-refractivity contribution in [3.63, 3.8) is 0 Å². The number of ether oxygens (including phenoxy) is 2. The first-order valence-electron chi connectivity index (χ1n) is 10.7. The lowest BCUT2D eigenvalue weighted by atomic mass is 10.0. The van der Waals surface area contributed by atoms with Crippen LogP contribution in [0.15, 0.2) is 24.3 Å². The molecule has 0 radical (unpaired) electrons. The molecule has 1 aromatic carbocycles. The zero-order valence-electron chi connectivity index (χ0n) is 18.1. The largest absolute Gasteiger partial charge is 0.497 e. The molecule has 4 rings (SSSR count). The summed E-state index contributed by atoms with van der Waals surface area (Å²) in [5.41, 5.74) is 2.12. The summed E-state index contributed by atoms with van der Waals surface area (Å²) in [6.45, 7) is 4.73. The van der Waals surface area contributed by atoms with E-state index >= 15 is 0 Å². The Bertz CT molecular complexity index is 913. The molecule has 1 aromatic heterocycles. The Morgan fingerprint density at radius 1 is 1.20 bits per heavy atom. The van der Waals surface area contributed by atoms with Crippen molar-refractivity contribution in [3.05, 3.63) is 41.3 Å². The molecule has 2 aromatic rings. The van der Waals surface area contributed by atoms with Crippen LogP contribution in [0.25, 0.3) is 0 Å². The molecular formula is C23H30N4O3.